The van der Waals surface area contributed by atoms with Gasteiger partial charge in [-0.3, -0.25) is 18.9 Å². The van der Waals surface area contributed by atoms with Gasteiger partial charge in [0.2, 0.25) is 11.0 Å². The minimum Gasteiger partial charge on any atom is -0.503 e. The lowest BCUT2D eigenvalue weighted by Gasteiger charge is -2.44. The van der Waals surface area contributed by atoms with Crippen molar-refractivity contribution < 1.29 is 52.4 Å². The largest absolute Gasteiger partial charge is 0.503 e. The van der Waals surface area contributed by atoms with E-state index in [4.69, 9.17) is 10.6 Å². The van der Waals surface area contributed by atoms with Gasteiger partial charge in [0.05, 0.1) is 24.5 Å². The average Bonchev–Trinajstić information content (AvgIpc) is 3.30. The number of urea groups is 1. The molecular formula is C20H24N8O12S2. The lowest BCUT2D eigenvalue weighted by Crippen LogP contribution is -2.74. The number of carboxylic acid groups (broad SMARTS) is 1. The van der Waals surface area contributed by atoms with Crippen molar-refractivity contribution in [3.63, 3.8) is 0 Å². The Morgan fingerprint density at radius 1 is 1.26 bits per heavy atom. The van der Waals surface area contributed by atoms with Crippen molar-refractivity contribution in [3.05, 3.63) is 39.3 Å². The fraction of sp³-hybridized carbons (Fsp3) is 0.350. The zero-order valence-electron chi connectivity index (χ0n) is 21.5. The summed E-state index contributed by atoms with van der Waals surface area (Å²) in [7, 11) is -5.14. The standard InChI is InChI=1S/C20H24N8O12S2/c1-20(2,17(33)34)40-26-13(9-7-41-18(21)24-9)15(31)25-14-10(28(16(14)32)42(37,38)39)5-23-19(35)22-4-8-3-11(29)12(30)6-27(8)36/h3,6-7,10,14,30,36H,4-5H2,1-2H3,(H2,21,24)(H,25,31)(H,33,34)(H2,22,23,35)(H,37,38,39)/b26-13-/t10?,14-/m0/s1. The molecule has 1 fully saturated rings. The maximum atomic E-state index is 13.1. The Balaban J connectivity index is 1.76. The number of hydrogen-bond acceptors (Lipinski definition) is 14. The molecule has 1 saturated heterocycles. The molecule has 0 aliphatic carbocycles. The Morgan fingerprint density at radius 2 is 1.93 bits per heavy atom. The first-order valence-electron chi connectivity index (χ1n) is 11.4. The minimum absolute atomic E-state index is 0.00106. The minimum atomic E-state index is -5.14. The molecule has 42 heavy (non-hydrogen) atoms. The number of β-lactam (4-membered cyclic amide) rings is 1. The predicted octanol–water partition coefficient (Wildman–Crippen LogP) is -2.59. The molecule has 3 rings (SSSR count). The third kappa shape index (κ3) is 7.02. The van der Waals surface area contributed by atoms with Gasteiger partial charge in [0.15, 0.2) is 16.6 Å². The molecule has 1 unspecified atom stereocenters. The number of anilines is 1. The fourth-order valence-corrected chi connectivity index (χ4v) is 4.71. The van der Waals surface area contributed by atoms with Gasteiger partial charge in [-0.2, -0.15) is 13.1 Å². The van der Waals surface area contributed by atoms with Crippen LogP contribution in [0.5, 0.6) is 5.75 Å². The van der Waals surface area contributed by atoms with Crippen LogP contribution in [0.2, 0.25) is 0 Å². The second-order valence-electron chi connectivity index (χ2n) is 8.97. The van der Waals surface area contributed by atoms with E-state index in [0.717, 1.165) is 31.3 Å². The molecule has 0 radical (unpaired) electrons. The van der Waals surface area contributed by atoms with E-state index in [1.54, 1.807) is 0 Å². The molecule has 2 aromatic heterocycles. The Kier molecular flexibility index (Phi) is 8.93. The summed E-state index contributed by atoms with van der Waals surface area (Å²) in [6, 6.07) is -3.35. The second kappa shape index (κ2) is 11.9. The number of nitrogens with two attached hydrogens (primary N) is 1. The number of nitrogens with zero attached hydrogens (tertiary/aromatic N) is 4. The van der Waals surface area contributed by atoms with E-state index >= 15 is 0 Å². The number of carbonyl (C=O) groups excluding carboxylic acids is 3. The summed E-state index contributed by atoms with van der Waals surface area (Å²) in [6.45, 7) is 1.18. The van der Waals surface area contributed by atoms with Crippen LogP contribution in [0.3, 0.4) is 0 Å². The normalized spacial score (nSPS) is 17.3. The Bertz CT molecular complexity index is 1620. The molecule has 9 N–H and O–H groups in total. The van der Waals surface area contributed by atoms with E-state index in [9.17, 15) is 52.4 Å². The van der Waals surface area contributed by atoms with Crippen LogP contribution in [-0.4, -0.2) is 96.2 Å². The van der Waals surface area contributed by atoms with E-state index < -0.39 is 81.8 Å². The van der Waals surface area contributed by atoms with Crippen LogP contribution in [-0.2, 0) is 36.1 Å². The third-order valence-electron chi connectivity index (χ3n) is 5.56. The number of nitrogens with one attached hydrogen (secondary N) is 3. The van der Waals surface area contributed by atoms with Gasteiger partial charge in [-0.1, -0.05) is 5.16 Å². The van der Waals surface area contributed by atoms with Crippen molar-refractivity contribution in [2.75, 3.05) is 12.3 Å². The number of nitrogen functional groups attached to an aromatic ring is 1. The van der Waals surface area contributed by atoms with Crippen molar-refractivity contribution in [1.82, 2.24) is 30.0 Å². The molecule has 0 bridgehead atoms. The zero-order valence-corrected chi connectivity index (χ0v) is 23.2. The zero-order chi connectivity index (χ0) is 31.6. The van der Waals surface area contributed by atoms with E-state index in [-0.39, 0.29) is 20.8 Å². The van der Waals surface area contributed by atoms with E-state index in [1.807, 2.05) is 0 Å². The van der Waals surface area contributed by atoms with Crippen molar-refractivity contribution in [1.29, 1.82) is 0 Å². The first-order chi connectivity index (χ1) is 19.4. The topological polar surface area (TPSA) is 305 Å². The van der Waals surface area contributed by atoms with Gasteiger partial charge in [0.1, 0.15) is 11.7 Å². The number of pyridine rings is 1. The number of carbonyl (C=O) groups is 4. The van der Waals surface area contributed by atoms with Crippen molar-refractivity contribution in [3.8, 4) is 5.75 Å². The lowest BCUT2D eigenvalue weighted by molar-refractivity contribution is -0.161. The van der Waals surface area contributed by atoms with Gasteiger partial charge < -0.3 is 41.9 Å². The lowest BCUT2D eigenvalue weighted by atomic mass is 9.98. The van der Waals surface area contributed by atoms with Gasteiger partial charge in [-0.15, -0.1) is 11.3 Å². The molecular weight excluding hydrogens is 608 g/mol. The average molecular weight is 633 g/mol. The molecule has 22 heteroatoms. The van der Waals surface area contributed by atoms with Crippen LogP contribution in [0.4, 0.5) is 9.93 Å². The Hall–Kier alpha value is -4.96. The monoisotopic (exact) mass is 632 g/mol. The quantitative estimate of drug-likeness (QED) is 0.0415. The van der Waals surface area contributed by atoms with Crippen molar-refractivity contribution in [2.24, 2.45) is 5.16 Å². The van der Waals surface area contributed by atoms with Gasteiger partial charge in [0, 0.05) is 18.0 Å². The molecule has 0 saturated carbocycles. The summed E-state index contributed by atoms with van der Waals surface area (Å²) < 4.78 is 33.4. The van der Waals surface area contributed by atoms with Crippen LogP contribution in [0.25, 0.3) is 0 Å². The van der Waals surface area contributed by atoms with Crippen LogP contribution in [0.1, 0.15) is 25.2 Å². The van der Waals surface area contributed by atoms with Gasteiger partial charge in [0.25, 0.3) is 11.8 Å². The molecule has 2 aromatic rings. The number of aliphatic carboxylic acids is 1. The smallest absolute Gasteiger partial charge is 0.362 e. The highest BCUT2D eigenvalue weighted by molar-refractivity contribution is 7.84. The van der Waals surface area contributed by atoms with E-state index in [2.05, 4.69) is 26.1 Å². The molecule has 0 aromatic carbocycles. The van der Waals surface area contributed by atoms with Crippen LogP contribution in [0.15, 0.2) is 27.6 Å². The van der Waals surface area contributed by atoms with Gasteiger partial charge in [-0.05, 0) is 13.8 Å². The highest BCUT2D eigenvalue weighted by Crippen LogP contribution is 2.24. The van der Waals surface area contributed by atoms with E-state index in [0.29, 0.717) is 10.9 Å². The molecule has 3 heterocycles. The first-order valence-corrected chi connectivity index (χ1v) is 13.7. The Morgan fingerprint density at radius 3 is 2.50 bits per heavy atom. The number of rotatable bonds is 11. The maximum Gasteiger partial charge on any atom is 0.362 e. The van der Waals surface area contributed by atoms with Crippen molar-refractivity contribution >= 4 is 56.3 Å². The number of amides is 4. The maximum absolute atomic E-state index is 13.1. The highest BCUT2D eigenvalue weighted by Gasteiger charge is 2.54. The molecule has 2 atom stereocenters. The SMILES string of the molecule is CC(C)(O/N=C(\C(=O)N[C@@H]1C(=O)N(S(=O)(=O)O)C1CNC(=O)NCc1cc(=O)c(O)cn1O)c1csc(N)n1)C(=O)O. The molecule has 1 aliphatic heterocycles. The number of aromatic hydroxyl groups is 1. The Labute approximate surface area is 239 Å². The third-order valence-corrected chi connectivity index (χ3v) is 7.18. The first kappa shape index (κ1) is 31.6. The summed E-state index contributed by atoms with van der Waals surface area (Å²) in [5.74, 6) is -4.63. The molecule has 0 spiro atoms. The summed E-state index contributed by atoms with van der Waals surface area (Å²) in [6.07, 6.45) is 0.694. The van der Waals surface area contributed by atoms with Crippen molar-refractivity contribution in [2.45, 2.75) is 38.1 Å². The van der Waals surface area contributed by atoms with E-state index in [1.165, 1.54) is 5.38 Å². The molecule has 4 amide bonds. The number of thiazole rings is 1. The molecule has 20 nitrogen and oxygen atoms in total. The fourth-order valence-electron chi connectivity index (χ4n) is 3.29. The number of oxime groups is 1. The van der Waals surface area contributed by atoms with Crippen LogP contribution >= 0.6 is 11.3 Å². The number of aromatic nitrogens is 2. The van der Waals surface area contributed by atoms with Crippen LogP contribution in [0, 0.1) is 0 Å². The highest BCUT2D eigenvalue weighted by atomic mass is 32.2. The predicted molar refractivity (Wildman–Crippen MR) is 140 cm³/mol. The summed E-state index contributed by atoms with van der Waals surface area (Å²) in [5, 5.41) is 39.7. The summed E-state index contributed by atoms with van der Waals surface area (Å²) >= 11 is 0.895. The van der Waals surface area contributed by atoms with Gasteiger partial charge >= 0.3 is 22.3 Å². The second-order valence-corrected chi connectivity index (χ2v) is 11.1. The number of carboxylic acids is 1. The molecule has 228 valence electrons. The molecule has 1 aliphatic rings. The summed E-state index contributed by atoms with van der Waals surface area (Å²) in [4.78, 5) is 69.6. The van der Waals surface area contributed by atoms with Gasteiger partial charge in [-0.25, -0.2) is 18.9 Å². The van der Waals surface area contributed by atoms with Crippen LogP contribution < -0.4 is 27.1 Å². The number of hydrogen-bond donors (Lipinski definition) is 8. The summed E-state index contributed by atoms with van der Waals surface area (Å²) in [5.41, 5.74) is 1.93.